The van der Waals surface area contributed by atoms with E-state index in [-0.39, 0.29) is 11.5 Å². The molecule has 7 nitrogen and oxygen atoms in total. The predicted molar refractivity (Wildman–Crippen MR) is 55.1 cm³/mol. The Hall–Kier alpha value is -2.44. The highest BCUT2D eigenvalue weighted by Gasteiger charge is 2.27. The fourth-order valence-corrected chi connectivity index (χ4v) is 1.40. The van der Waals surface area contributed by atoms with Crippen LogP contribution in [0, 0.1) is 0 Å². The number of phenols is 1. The molecule has 0 radical (unpaired) electrons. The topological polar surface area (TPSA) is 113 Å². The molecule has 1 aromatic carbocycles. The van der Waals surface area contributed by atoms with Crippen molar-refractivity contribution in [2.24, 2.45) is 0 Å². The van der Waals surface area contributed by atoms with Crippen LogP contribution in [-0.2, 0) is 0 Å². The minimum Gasteiger partial charge on any atom is -0.504 e. The number of hydrogen-bond acceptors (Lipinski definition) is 5. The summed E-state index contributed by atoms with van der Waals surface area (Å²) in [5.41, 5.74) is -1.15. The summed E-state index contributed by atoms with van der Waals surface area (Å²) in [7, 11) is 2.35. The van der Waals surface area contributed by atoms with E-state index in [2.05, 4.69) is 0 Å². The van der Waals surface area contributed by atoms with Crippen LogP contribution in [0.2, 0.25) is 0 Å². The third kappa shape index (κ3) is 2.07. The maximum absolute atomic E-state index is 11.0. The minimum absolute atomic E-state index is 0.227. The zero-order chi connectivity index (χ0) is 13.2. The summed E-state index contributed by atoms with van der Waals surface area (Å²) >= 11 is 0. The van der Waals surface area contributed by atoms with Gasteiger partial charge in [-0.15, -0.1) is 0 Å². The molecular weight excluding hydrogens is 232 g/mol. The van der Waals surface area contributed by atoms with Crippen LogP contribution in [0.4, 0.5) is 0 Å². The molecule has 0 fully saturated rings. The van der Waals surface area contributed by atoms with Gasteiger partial charge < -0.3 is 24.8 Å². The normalized spacial score (nSPS) is 9.76. The van der Waals surface area contributed by atoms with Gasteiger partial charge >= 0.3 is 11.9 Å². The van der Waals surface area contributed by atoms with E-state index in [9.17, 15) is 14.7 Å². The van der Waals surface area contributed by atoms with E-state index in [1.807, 2.05) is 0 Å². The first kappa shape index (κ1) is 12.6. The SMILES string of the molecule is COc1c(O)cc(C(=O)O)c(C(=O)O)c1OC. The number of aromatic hydroxyl groups is 1. The molecule has 1 aromatic rings. The summed E-state index contributed by atoms with van der Waals surface area (Å²) in [6, 6.07) is 0.799. The number of benzene rings is 1. The van der Waals surface area contributed by atoms with Crippen LogP contribution in [0.5, 0.6) is 17.2 Å². The average molecular weight is 242 g/mol. The number of methoxy groups -OCH3 is 2. The molecule has 1 rings (SSSR count). The van der Waals surface area contributed by atoms with Crippen molar-refractivity contribution in [2.75, 3.05) is 14.2 Å². The summed E-state index contributed by atoms with van der Waals surface area (Å²) < 4.78 is 9.53. The van der Waals surface area contributed by atoms with E-state index in [4.69, 9.17) is 19.7 Å². The van der Waals surface area contributed by atoms with Crippen molar-refractivity contribution >= 4 is 11.9 Å². The van der Waals surface area contributed by atoms with E-state index in [0.29, 0.717) is 0 Å². The van der Waals surface area contributed by atoms with Crippen LogP contribution in [0.15, 0.2) is 6.07 Å². The molecule has 0 amide bonds. The van der Waals surface area contributed by atoms with Gasteiger partial charge in [0.2, 0.25) is 5.75 Å². The van der Waals surface area contributed by atoms with Crippen molar-refractivity contribution in [1.29, 1.82) is 0 Å². The van der Waals surface area contributed by atoms with Crippen LogP contribution in [0.1, 0.15) is 20.7 Å². The Labute approximate surface area is 95.8 Å². The van der Waals surface area contributed by atoms with Crippen LogP contribution in [-0.4, -0.2) is 41.5 Å². The van der Waals surface area contributed by atoms with E-state index in [1.54, 1.807) is 0 Å². The smallest absolute Gasteiger partial charge is 0.340 e. The quantitative estimate of drug-likeness (QED) is 0.715. The summed E-state index contributed by atoms with van der Waals surface area (Å²) in [5, 5.41) is 27.3. The molecule has 92 valence electrons. The number of carbonyl (C=O) groups is 2. The van der Waals surface area contributed by atoms with Crippen molar-refractivity contribution in [3.05, 3.63) is 17.2 Å². The molecule has 0 heterocycles. The van der Waals surface area contributed by atoms with Gasteiger partial charge in [0, 0.05) is 0 Å². The molecule has 0 bridgehead atoms. The summed E-state index contributed by atoms with van der Waals surface area (Å²) in [6.07, 6.45) is 0. The molecule has 0 atom stereocenters. The van der Waals surface area contributed by atoms with Gasteiger partial charge in [-0.2, -0.15) is 0 Å². The Balaban J connectivity index is 3.71. The first-order valence-corrected chi connectivity index (χ1v) is 4.38. The number of aromatic carboxylic acids is 2. The number of carboxylic acids is 2. The highest BCUT2D eigenvalue weighted by atomic mass is 16.5. The van der Waals surface area contributed by atoms with Gasteiger partial charge in [-0.3, -0.25) is 0 Å². The molecule has 0 aliphatic carbocycles. The van der Waals surface area contributed by atoms with Gasteiger partial charge in [-0.1, -0.05) is 0 Å². The van der Waals surface area contributed by atoms with Gasteiger partial charge in [-0.25, -0.2) is 9.59 Å². The molecule has 0 saturated heterocycles. The lowest BCUT2D eigenvalue weighted by atomic mass is 10.0. The molecule has 0 aliphatic rings. The van der Waals surface area contributed by atoms with E-state index >= 15 is 0 Å². The third-order valence-corrected chi connectivity index (χ3v) is 2.07. The average Bonchev–Trinajstić information content (AvgIpc) is 2.26. The van der Waals surface area contributed by atoms with Gasteiger partial charge in [-0.05, 0) is 6.07 Å². The van der Waals surface area contributed by atoms with Crippen molar-refractivity contribution in [3.63, 3.8) is 0 Å². The highest BCUT2D eigenvalue weighted by molar-refractivity contribution is 6.05. The van der Waals surface area contributed by atoms with Crippen molar-refractivity contribution in [3.8, 4) is 17.2 Å². The lowest BCUT2D eigenvalue weighted by Crippen LogP contribution is -2.11. The molecule has 7 heteroatoms. The maximum atomic E-state index is 11.0. The monoisotopic (exact) mass is 242 g/mol. The Bertz CT molecular complexity index is 478. The van der Waals surface area contributed by atoms with Crippen molar-refractivity contribution in [2.45, 2.75) is 0 Å². The Morgan fingerprint density at radius 2 is 1.59 bits per heavy atom. The molecule has 0 unspecified atom stereocenters. The van der Waals surface area contributed by atoms with Crippen LogP contribution in [0.25, 0.3) is 0 Å². The number of ether oxygens (including phenoxy) is 2. The second-order valence-corrected chi connectivity index (χ2v) is 3.00. The van der Waals surface area contributed by atoms with Gasteiger partial charge in [0.05, 0.1) is 19.8 Å². The lowest BCUT2D eigenvalue weighted by molar-refractivity contribution is 0.0647. The molecule has 17 heavy (non-hydrogen) atoms. The fourth-order valence-electron chi connectivity index (χ4n) is 1.40. The number of rotatable bonds is 4. The summed E-state index contributed by atoms with van der Waals surface area (Å²) in [4.78, 5) is 21.9. The number of phenolic OH excluding ortho intramolecular Hbond substituents is 1. The summed E-state index contributed by atoms with van der Waals surface area (Å²) in [5.74, 6) is -4.05. The molecule has 0 saturated carbocycles. The van der Waals surface area contributed by atoms with Gasteiger partial charge in [0.1, 0.15) is 5.56 Å². The Morgan fingerprint density at radius 1 is 1.06 bits per heavy atom. The standard InChI is InChI=1S/C10H10O7/c1-16-7-5(11)3-4(9(12)13)6(10(14)15)8(7)17-2/h3,11H,1-2H3,(H,12,13)(H,14,15). The second kappa shape index (κ2) is 4.60. The number of hydrogen-bond donors (Lipinski definition) is 3. The lowest BCUT2D eigenvalue weighted by Gasteiger charge is -2.13. The van der Waals surface area contributed by atoms with E-state index in [0.717, 1.165) is 13.2 Å². The van der Waals surface area contributed by atoms with Crippen molar-refractivity contribution < 1.29 is 34.4 Å². The maximum Gasteiger partial charge on any atom is 0.340 e. The molecule has 0 aliphatic heterocycles. The van der Waals surface area contributed by atoms with Crippen LogP contribution in [0.3, 0.4) is 0 Å². The predicted octanol–water partition coefficient (Wildman–Crippen LogP) is 0.806. The Morgan fingerprint density at radius 3 is 1.94 bits per heavy atom. The fraction of sp³-hybridized carbons (Fsp3) is 0.200. The second-order valence-electron chi connectivity index (χ2n) is 3.00. The first-order chi connectivity index (χ1) is 7.93. The molecule has 3 N–H and O–H groups in total. The first-order valence-electron chi connectivity index (χ1n) is 4.38. The van der Waals surface area contributed by atoms with Crippen molar-refractivity contribution in [1.82, 2.24) is 0 Å². The van der Waals surface area contributed by atoms with Crippen LogP contribution < -0.4 is 9.47 Å². The Kier molecular flexibility index (Phi) is 3.42. The highest BCUT2D eigenvalue weighted by Crippen LogP contribution is 2.41. The summed E-state index contributed by atoms with van der Waals surface area (Å²) in [6.45, 7) is 0. The van der Waals surface area contributed by atoms with Crippen LogP contribution >= 0.6 is 0 Å². The third-order valence-electron chi connectivity index (χ3n) is 2.07. The zero-order valence-electron chi connectivity index (χ0n) is 9.05. The zero-order valence-corrected chi connectivity index (χ0v) is 9.05. The van der Waals surface area contributed by atoms with Gasteiger partial charge in [0.15, 0.2) is 11.5 Å². The number of carboxylic acid groups (broad SMARTS) is 2. The van der Waals surface area contributed by atoms with Gasteiger partial charge in [0.25, 0.3) is 0 Å². The molecule has 0 aromatic heterocycles. The molecular formula is C10H10O7. The van der Waals surface area contributed by atoms with E-state index in [1.165, 1.54) is 7.11 Å². The molecule has 0 spiro atoms. The minimum atomic E-state index is -1.49. The largest absolute Gasteiger partial charge is 0.504 e. The van der Waals surface area contributed by atoms with E-state index < -0.39 is 28.8 Å².